The highest BCUT2D eigenvalue weighted by molar-refractivity contribution is 5.96. The first-order chi connectivity index (χ1) is 18.0. The Kier molecular flexibility index (Phi) is 6.80. The van der Waals surface area contributed by atoms with Crippen LogP contribution in [0.3, 0.4) is 0 Å². The van der Waals surface area contributed by atoms with Crippen molar-refractivity contribution in [3.8, 4) is 6.07 Å². The minimum absolute atomic E-state index is 0.0599. The molecule has 0 atom stereocenters. The number of piperidine rings is 1. The van der Waals surface area contributed by atoms with Crippen LogP contribution in [0, 0.1) is 16.7 Å². The zero-order valence-corrected chi connectivity index (χ0v) is 23.4. The highest BCUT2D eigenvalue weighted by Gasteiger charge is 2.43. The molecular weight excluding hydrogens is 480 g/mol. The van der Waals surface area contributed by atoms with Crippen LogP contribution < -0.4 is 15.4 Å². The Morgan fingerprint density at radius 2 is 1.63 bits per heavy atom. The summed E-state index contributed by atoms with van der Waals surface area (Å²) in [5.74, 6) is 0. The first-order valence-corrected chi connectivity index (χ1v) is 13.7. The quantitative estimate of drug-likeness (QED) is 0.600. The second kappa shape index (κ2) is 9.81. The third kappa shape index (κ3) is 4.94. The molecule has 3 fully saturated rings. The Labute approximate surface area is 225 Å². The molecule has 5 rings (SSSR count). The number of fused-ring (bicyclic) bond motifs is 1. The first kappa shape index (κ1) is 26.4. The Bertz CT molecular complexity index is 1320. The largest absolute Gasteiger partial charge is 0.444 e. The highest BCUT2D eigenvalue weighted by Crippen LogP contribution is 2.43. The molecular formula is C29H40N6O3. The van der Waals surface area contributed by atoms with Crippen LogP contribution in [-0.4, -0.2) is 85.5 Å². The molecule has 0 saturated carbocycles. The third-order valence-corrected chi connectivity index (χ3v) is 8.56. The van der Waals surface area contributed by atoms with Gasteiger partial charge in [0.15, 0.2) is 0 Å². The fraction of sp³-hybridized carbons (Fsp3) is 0.621. The van der Waals surface area contributed by atoms with Crippen molar-refractivity contribution < 1.29 is 9.53 Å². The number of benzene rings is 1. The molecule has 1 amide bonds. The fourth-order valence-electron chi connectivity index (χ4n) is 6.23. The predicted octanol–water partition coefficient (Wildman–Crippen LogP) is 3.39. The minimum atomic E-state index is -0.505. The summed E-state index contributed by atoms with van der Waals surface area (Å²) in [5, 5.41) is 11.0. The standard InChI is InChI=1S/C29H40N6O3/c1-28(2,3)38-27(37)35-13-10-29(20-35)8-11-34(12-9-29)25-22-7-6-21(33-16-14-31(4)15-17-33)18-24(22)32(5)26(36)23(25)19-30/h6-7,18H,8-17,20H2,1-5H3. The molecule has 0 unspecified atom stereocenters. The van der Waals surface area contributed by atoms with Crippen LogP contribution in [-0.2, 0) is 11.8 Å². The average Bonchev–Trinajstić information content (AvgIpc) is 3.30. The van der Waals surface area contributed by atoms with Crippen LogP contribution in [0.2, 0.25) is 0 Å². The maximum atomic E-state index is 13.3. The van der Waals surface area contributed by atoms with Crippen LogP contribution in [0.1, 0.15) is 45.6 Å². The maximum Gasteiger partial charge on any atom is 0.410 e. The third-order valence-electron chi connectivity index (χ3n) is 8.56. The summed E-state index contributed by atoms with van der Waals surface area (Å²) >= 11 is 0. The number of piperazine rings is 1. The van der Waals surface area contributed by atoms with Gasteiger partial charge in [-0.05, 0) is 70.7 Å². The summed E-state index contributed by atoms with van der Waals surface area (Å²) in [4.78, 5) is 34.7. The molecule has 1 aromatic heterocycles. The highest BCUT2D eigenvalue weighted by atomic mass is 16.6. The maximum absolute atomic E-state index is 13.3. The van der Waals surface area contributed by atoms with Crippen molar-refractivity contribution >= 4 is 28.4 Å². The van der Waals surface area contributed by atoms with Gasteiger partial charge < -0.3 is 28.9 Å². The minimum Gasteiger partial charge on any atom is -0.444 e. The number of nitriles is 1. The van der Waals surface area contributed by atoms with Gasteiger partial charge >= 0.3 is 6.09 Å². The van der Waals surface area contributed by atoms with E-state index in [0.717, 1.165) is 80.8 Å². The second-order valence-corrected chi connectivity index (χ2v) is 12.3. The Hall–Kier alpha value is -3.25. The molecule has 0 aliphatic carbocycles. The number of anilines is 2. The Balaban J connectivity index is 1.40. The molecule has 3 saturated heterocycles. The number of aromatic nitrogens is 1. The predicted molar refractivity (Wildman–Crippen MR) is 150 cm³/mol. The van der Waals surface area contributed by atoms with Gasteiger partial charge in [0.2, 0.25) is 0 Å². The normalized spacial score (nSPS) is 20.3. The number of hydrogen-bond donors (Lipinski definition) is 0. The molecule has 9 heteroatoms. The lowest BCUT2D eigenvalue weighted by Crippen LogP contribution is -2.44. The summed E-state index contributed by atoms with van der Waals surface area (Å²) in [5.41, 5.74) is 2.25. The Morgan fingerprint density at radius 1 is 0.974 bits per heavy atom. The van der Waals surface area contributed by atoms with E-state index in [1.54, 1.807) is 11.6 Å². The van der Waals surface area contributed by atoms with Gasteiger partial charge in [0.25, 0.3) is 5.56 Å². The van der Waals surface area contributed by atoms with E-state index in [4.69, 9.17) is 4.74 Å². The molecule has 1 spiro atoms. The number of carbonyl (C=O) groups is 1. The van der Waals surface area contributed by atoms with E-state index in [9.17, 15) is 14.9 Å². The zero-order chi connectivity index (χ0) is 27.2. The molecule has 0 N–H and O–H groups in total. The number of rotatable bonds is 2. The molecule has 0 bridgehead atoms. The van der Waals surface area contributed by atoms with E-state index >= 15 is 0 Å². The number of hydrogen-bond acceptors (Lipinski definition) is 7. The van der Waals surface area contributed by atoms with Crippen molar-refractivity contribution in [1.29, 1.82) is 5.26 Å². The SMILES string of the molecule is CN1CCN(c2ccc3c(N4CCC5(CCN(C(=O)OC(C)(C)C)C5)CC4)c(C#N)c(=O)n(C)c3c2)CC1. The summed E-state index contributed by atoms with van der Waals surface area (Å²) in [6.07, 6.45) is 2.54. The van der Waals surface area contributed by atoms with Gasteiger partial charge in [-0.3, -0.25) is 4.79 Å². The molecule has 0 radical (unpaired) electrons. The summed E-state index contributed by atoms with van der Waals surface area (Å²) in [6, 6.07) is 8.54. The van der Waals surface area contributed by atoms with Crippen LogP contribution in [0.5, 0.6) is 0 Å². The van der Waals surface area contributed by atoms with Crippen molar-refractivity contribution in [3.63, 3.8) is 0 Å². The number of carbonyl (C=O) groups excluding carboxylic acids is 1. The van der Waals surface area contributed by atoms with E-state index in [0.29, 0.717) is 13.1 Å². The van der Waals surface area contributed by atoms with Crippen molar-refractivity contribution in [2.45, 2.75) is 45.6 Å². The van der Waals surface area contributed by atoms with E-state index in [2.05, 4.69) is 46.0 Å². The number of likely N-dealkylation sites (tertiary alicyclic amines) is 1. The van der Waals surface area contributed by atoms with Gasteiger partial charge in [-0.2, -0.15) is 5.26 Å². The number of pyridine rings is 1. The van der Waals surface area contributed by atoms with Crippen LogP contribution >= 0.6 is 0 Å². The number of aryl methyl sites for hydroxylation is 1. The summed E-state index contributed by atoms with van der Waals surface area (Å²) < 4.78 is 7.23. The van der Waals surface area contributed by atoms with Crippen molar-refractivity contribution in [2.24, 2.45) is 12.5 Å². The van der Waals surface area contributed by atoms with Gasteiger partial charge in [0, 0.05) is 70.5 Å². The number of likely N-dealkylation sites (N-methyl/N-ethyl adjacent to an activating group) is 1. The molecule has 2 aromatic rings. The van der Waals surface area contributed by atoms with E-state index in [1.165, 1.54) is 0 Å². The molecule has 38 heavy (non-hydrogen) atoms. The Morgan fingerprint density at radius 3 is 2.26 bits per heavy atom. The van der Waals surface area contributed by atoms with Crippen LogP contribution in [0.25, 0.3) is 10.9 Å². The zero-order valence-electron chi connectivity index (χ0n) is 23.4. The molecule has 3 aliphatic heterocycles. The van der Waals surface area contributed by atoms with Crippen molar-refractivity contribution in [3.05, 3.63) is 34.1 Å². The number of ether oxygens (including phenoxy) is 1. The van der Waals surface area contributed by atoms with Crippen LogP contribution in [0.15, 0.2) is 23.0 Å². The van der Waals surface area contributed by atoms with E-state index in [-0.39, 0.29) is 22.6 Å². The van der Waals surface area contributed by atoms with Crippen molar-refractivity contribution in [1.82, 2.24) is 14.4 Å². The summed E-state index contributed by atoms with van der Waals surface area (Å²) in [6.45, 7) is 12.5. The van der Waals surface area contributed by atoms with Crippen LogP contribution in [0.4, 0.5) is 16.2 Å². The van der Waals surface area contributed by atoms with Crippen molar-refractivity contribution in [2.75, 3.05) is 69.2 Å². The lowest BCUT2D eigenvalue weighted by atomic mass is 9.77. The first-order valence-electron chi connectivity index (χ1n) is 13.7. The second-order valence-electron chi connectivity index (χ2n) is 12.3. The number of nitrogens with zero attached hydrogens (tertiary/aromatic N) is 6. The molecule has 3 aliphatic rings. The summed E-state index contributed by atoms with van der Waals surface area (Å²) in [7, 11) is 3.90. The topological polar surface area (TPSA) is 85.1 Å². The van der Waals surface area contributed by atoms with E-state index < -0.39 is 5.60 Å². The molecule has 1 aromatic carbocycles. The van der Waals surface area contributed by atoms with Gasteiger partial charge in [-0.25, -0.2) is 4.79 Å². The fourth-order valence-corrected chi connectivity index (χ4v) is 6.23. The lowest BCUT2D eigenvalue weighted by molar-refractivity contribution is 0.0266. The molecule has 4 heterocycles. The molecule has 9 nitrogen and oxygen atoms in total. The van der Waals surface area contributed by atoms with Gasteiger partial charge in [-0.1, -0.05) is 0 Å². The number of amides is 1. The van der Waals surface area contributed by atoms with Gasteiger partial charge in [0.1, 0.15) is 17.2 Å². The van der Waals surface area contributed by atoms with E-state index in [1.807, 2.05) is 25.7 Å². The average molecular weight is 521 g/mol. The molecule has 204 valence electrons. The van der Waals surface area contributed by atoms with Gasteiger partial charge in [-0.15, -0.1) is 0 Å². The van der Waals surface area contributed by atoms with Gasteiger partial charge in [0.05, 0.1) is 11.2 Å². The lowest BCUT2D eigenvalue weighted by Gasteiger charge is -2.41. The monoisotopic (exact) mass is 520 g/mol. The smallest absolute Gasteiger partial charge is 0.410 e.